The first kappa shape index (κ1) is 15.5. The van der Waals surface area contributed by atoms with E-state index in [4.69, 9.17) is 4.74 Å². The van der Waals surface area contributed by atoms with Gasteiger partial charge in [-0.15, -0.1) is 0 Å². The molecule has 1 amide bonds. The van der Waals surface area contributed by atoms with Crippen LogP contribution in [-0.2, 0) is 21.0 Å². The molecule has 106 valence electrons. The number of amides is 1. The minimum Gasteiger partial charge on any atom is -0.450 e. The van der Waals surface area contributed by atoms with Crippen molar-refractivity contribution in [2.45, 2.75) is 25.2 Å². The molecule has 0 saturated carbocycles. The van der Waals surface area contributed by atoms with Crippen LogP contribution in [0.1, 0.15) is 19.4 Å². The summed E-state index contributed by atoms with van der Waals surface area (Å²) in [6.45, 7) is 4.16. The van der Waals surface area contributed by atoms with E-state index >= 15 is 0 Å². The predicted molar refractivity (Wildman–Crippen MR) is 72.9 cm³/mol. The molecule has 0 aromatic heterocycles. The van der Waals surface area contributed by atoms with Gasteiger partial charge in [-0.2, -0.15) is 0 Å². The molecule has 0 unspecified atom stereocenters. The number of rotatable bonds is 6. The molecule has 0 bridgehead atoms. The van der Waals surface area contributed by atoms with Crippen molar-refractivity contribution in [2.75, 3.05) is 18.9 Å². The third-order valence-electron chi connectivity index (χ3n) is 2.62. The number of ether oxygens (including phenoxy) is 1. The average molecular weight is 285 g/mol. The van der Waals surface area contributed by atoms with Gasteiger partial charge in [-0.3, -0.25) is 0 Å². The number of sulfone groups is 1. The van der Waals surface area contributed by atoms with Crippen molar-refractivity contribution in [3.8, 4) is 0 Å². The summed E-state index contributed by atoms with van der Waals surface area (Å²) >= 11 is 0. The van der Waals surface area contributed by atoms with E-state index in [1.165, 1.54) is 0 Å². The van der Waals surface area contributed by atoms with Gasteiger partial charge in [-0.25, -0.2) is 13.2 Å². The molecule has 0 aliphatic heterocycles. The number of hydrogen-bond donors (Lipinski definition) is 1. The van der Waals surface area contributed by atoms with Crippen molar-refractivity contribution in [1.29, 1.82) is 0 Å². The summed E-state index contributed by atoms with van der Waals surface area (Å²) in [5, 5.41) is 2.61. The molecule has 0 aliphatic rings. The van der Waals surface area contributed by atoms with Gasteiger partial charge in [0.15, 0.2) is 9.84 Å². The van der Waals surface area contributed by atoms with Gasteiger partial charge in [0.25, 0.3) is 0 Å². The zero-order valence-corrected chi connectivity index (χ0v) is 12.0. The Hall–Kier alpha value is -1.56. The summed E-state index contributed by atoms with van der Waals surface area (Å²) in [4.78, 5) is 11.4. The maximum absolute atomic E-state index is 11.6. The van der Waals surface area contributed by atoms with E-state index in [2.05, 4.69) is 5.32 Å². The smallest absolute Gasteiger partial charge is 0.407 e. The fraction of sp³-hybridized carbons (Fsp3) is 0.462. The number of nitrogens with one attached hydrogen (secondary N) is 1. The van der Waals surface area contributed by atoms with Crippen LogP contribution in [0.5, 0.6) is 0 Å². The van der Waals surface area contributed by atoms with Crippen molar-refractivity contribution in [1.82, 2.24) is 5.32 Å². The van der Waals surface area contributed by atoms with E-state index in [0.29, 0.717) is 24.5 Å². The minimum atomic E-state index is -3.15. The third-order valence-corrected chi connectivity index (χ3v) is 4.37. The Bertz CT molecular complexity index is 508. The van der Waals surface area contributed by atoms with Crippen molar-refractivity contribution >= 4 is 15.9 Å². The zero-order valence-electron chi connectivity index (χ0n) is 11.2. The molecule has 0 spiro atoms. The summed E-state index contributed by atoms with van der Waals surface area (Å²) in [6, 6.07) is 6.71. The molecule has 19 heavy (non-hydrogen) atoms. The Morgan fingerprint density at radius 1 is 1.21 bits per heavy atom. The van der Waals surface area contributed by atoms with Gasteiger partial charge in [-0.1, -0.05) is 19.1 Å². The summed E-state index contributed by atoms with van der Waals surface area (Å²) in [5.74, 6) is 0.0940. The molecule has 1 aromatic rings. The minimum absolute atomic E-state index is 0.0940. The lowest BCUT2D eigenvalue weighted by molar-refractivity contribution is 0.152. The quantitative estimate of drug-likeness (QED) is 0.864. The number of benzene rings is 1. The second kappa shape index (κ2) is 7.13. The molecule has 0 fully saturated rings. The molecule has 1 N–H and O–H groups in total. The predicted octanol–water partition coefficient (Wildman–Crippen LogP) is 1.77. The van der Waals surface area contributed by atoms with E-state index in [0.717, 1.165) is 5.56 Å². The summed E-state index contributed by atoms with van der Waals surface area (Å²) in [7, 11) is -3.15. The van der Waals surface area contributed by atoms with E-state index < -0.39 is 15.9 Å². The highest BCUT2D eigenvalue weighted by Gasteiger charge is 2.10. The van der Waals surface area contributed by atoms with Crippen LogP contribution in [0.25, 0.3) is 0 Å². The van der Waals surface area contributed by atoms with Gasteiger partial charge >= 0.3 is 6.09 Å². The topological polar surface area (TPSA) is 72.5 Å². The van der Waals surface area contributed by atoms with E-state index in [-0.39, 0.29) is 5.75 Å². The maximum atomic E-state index is 11.6. The number of carbonyl (C=O) groups is 1. The highest BCUT2D eigenvalue weighted by atomic mass is 32.2. The van der Waals surface area contributed by atoms with Crippen molar-refractivity contribution in [3.63, 3.8) is 0 Å². The molecule has 0 saturated heterocycles. The van der Waals surface area contributed by atoms with Crippen LogP contribution >= 0.6 is 0 Å². The van der Waals surface area contributed by atoms with E-state index in [9.17, 15) is 13.2 Å². The molecule has 5 nitrogen and oxygen atoms in total. The molecule has 1 aromatic carbocycles. The first-order chi connectivity index (χ1) is 8.99. The molecule has 0 radical (unpaired) electrons. The summed E-state index contributed by atoms with van der Waals surface area (Å²) in [6.07, 6.45) is 0.193. The van der Waals surface area contributed by atoms with Crippen LogP contribution in [-0.4, -0.2) is 33.4 Å². The molecular formula is C13H19NO4S. The maximum Gasteiger partial charge on any atom is 0.407 e. The molecule has 6 heteroatoms. The van der Waals surface area contributed by atoms with E-state index in [1.54, 1.807) is 38.1 Å². The fourth-order valence-corrected chi connectivity index (χ4v) is 2.41. The van der Waals surface area contributed by atoms with Gasteiger partial charge < -0.3 is 10.1 Å². The highest BCUT2D eigenvalue weighted by Crippen LogP contribution is 2.12. The second-order valence-electron chi connectivity index (χ2n) is 3.94. The van der Waals surface area contributed by atoms with Crippen LogP contribution in [0, 0.1) is 0 Å². The lowest BCUT2D eigenvalue weighted by Crippen LogP contribution is -2.26. The van der Waals surface area contributed by atoms with Crippen LogP contribution in [0.4, 0.5) is 4.79 Å². The Morgan fingerprint density at radius 3 is 2.37 bits per heavy atom. The molecule has 1 rings (SSSR count). The van der Waals surface area contributed by atoms with Crippen LogP contribution in [0.2, 0.25) is 0 Å². The Kier molecular flexibility index (Phi) is 5.82. The van der Waals surface area contributed by atoms with Crippen molar-refractivity contribution in [2.24, 2.45) is 0 Å². The number of hydrogen-bond acceptors (Lipinski definition) is 4. The Labute approximate surface area is 113 Å². The molecule has 0 heterocycles. The van der Waals surface area contributed by atoms with Crippen molar-refractivity contribution < 1.29 is 17.9 Å². The number of carbonyl (C=O) groups excluding carboxylic acids is 1. The van der Waals surface area contributed by atoms with Gasteiger partial charge in [0, 0.05) is 6.54 Å². The zero-order chi connectivity index (χ0) is 14.3. The van der Waals surface area contributed by atoms with Gasteiger partial charge in [0.1, 0.15) is 0 Å². The van der Waals surface area contributed by atoms with Gasteiger partial charge in [0.2, 0.25) is 0 Å². The third kappa shape index (κ3) is 4.90. The Balaban J connectivity index is 2.52. The average Bonchev–Trinajstić information content (AvgIpc) is 2.40. The van der Waals surface area contributed by atoms with Crippen LogP contribution in [0.3, 0.4) is 0 Å². The molecule has 0 atom stereocenters. The van der Waals surface area contributed by atoms with Gasteiger partial charge in [-0.05, 0) is 31.0 Å². The first-order valence-corrected chi connectivity index (χ1v) is 7.87. The normalized spacial score (nSPS) is 11.1. The Morgan fingerprint density at radius 2 is 1.84 bits per heavy atom. The van der Waals surface area contributed by atoms with Crippen LogP contribution in [0.15, 0.2) is 29.2 Å². The van der Waals surface area contributed by atoms with Gasteiger partial charge in [0.05, 0.1) is 17.3 Å². The van der Waals surface area contributed by atoms with Crippen LogP contribution < -0.4 is 5.32 Å². The highest BCUT2D eigenvalue weighted by molar-refractivity contribution is 7.91. The lowest BCUT2D eigenvalue weighted by atomic mass is 10.1. The molecular weight excluding hydrogens is 266 g/mol. The summed E-state index contributed by atoms with van der Waals surface area (Å²) in [5.41, 5.74) is 0.965. The first-order valence-electron chi connectivity index (χ1n) is 6.22. The standard InChI is InChI=1S/C13H19NO4S/c1-3-18-13(15)14-10-9-11-5-7-12(8-6-11)19(16,17)4-2/h5-8H,3-4,9-10H2,1-2H3,(H,14,15). The fourth-order valence-electron chi connectivity index (χ4n) is 1.52. The molecule has 0 aliphatic carbocycles. The monoisotopic (exact) mass is 285 g/mol. The SMILES string of the molecule is CCOC(=O)NCCc1ccc(S(=O)(=O)CC)cc1. The second-order valence-corrected chi connectivity index (χ2v) is 6.22. The largest absolute Gasteiger partial charge is 0.450 e. The summed E-state index contributed by atoms with van der Waals surface area (Å²) < 4.78 is 28.0. The number of alkyl carbamates (subject to hydrolysis) is 1. The lowest BCUT2D eigenvalue weighted by Gasteiger charge is -2.06. The van der Waals surface area contributed by atoms with E-state index in [1.807, 2.05) is 0 Å². The van der Waals surface area contributed by atoms with Crippen molar-refractivity contribution in [3.05, 3.63) is 29.8 Å².